The van der Waals surface area contributed by atoms with Crippen molar-refractivity contribution < 1.29 is 23.9 Å². The van der Waals surface area contributed by atoms with Gasteiger partial charge in [0.2, 0.25) is 11.8 Å². The van der Waals surface area contributed by atoms with Crippen LogP contribution in [0.25, 0.3) is 0 Å². The molecular formula is C17H30N2O5. The van der Waals surface area contributed by atoms with Crippen molar-refractivity contribution in [2.75, 3.05) is 26.4 Å². The third kappa shape index (κ3) is 8.98. The van der Waals surface area contributed by atoms with Crippen LogP contribution in [-0.4, -0.2) is 56.1 Å². The molecule has 138 valence electrons. The van der Waals surface area contributed by atoms with E-state index >= 15 is 0 Å². The minimum atomic E-state index is -0.195. The molecule has 1 saturated carbocycles. The number of rotatable bonds is 10. The molecule has 1 aliphatic rings. The zero-order valence-corrected chi connectivity index (χ0v) is 14.9. The van der Waals surface area contributed by atoms with Gasteiger partial charge >= 0.3 is 0 Å². The molecule has 24 heavy (non-hydrogen) atoms. The molecule has 7 nitrogen and oxygen atoms in total. The minimum Gasteiger partial charge on any atom is -0.370 e. The highest BCUT2D eigenvalue weighted by molar-refractivity contribution is 5.79. The van der Waals surface area contributed by atoms with Gasteiger partial charge in [-0.25, -0.2) is 0 Å². The summed E-state index contributed by atoms with van der Waals surface area (Å²) in [5, 5.41) is 5.58. The fourth-order valence-electron chi connectivity index (χ4n) is 2.63. The van der Waals surface area contributed by atoms with E-state index < -0.39 is 0 Å². The van der Waals surface area contributed by atoms with Gasteiger partial charge in [0.1, 0.15) is 19.0 Å². The lowest BCUT2D eigenvalue weighted by atomic mass is 9.84. The number of carbonyl (C=O) groups is 3. The number of ether oxygens (including phenoxy) is 2. The van der Waals surface area contributed by atoms with Crippen molar-refractivity contribution in [2.24, 2.45) is 5.92 Å². The molecule has 0 spiro atoms. The second kappa shape index (κ2) is 11.1. The van der Waals surface area contributed by atoms with E-state index in [1.54, 1.807) is 6.92 Å². The summed E-state index contributed by atoms with van der Waals surface area (Å²) in [6.07, 6.45) is 3.36. The first-order chi connectivity index (χ1) is 11.4. The van der Waals surface area contributed by atoms with E-state index in [1.165, 1.54) is 0 Å². The van der Waals surface area contributed by atoms with Gasteiger partial charge in [0.25, 0.3) is 0 Å². The Balaban J connectivity index is 2.02. The maximum absolute atomic E-state index is 11.8. The van der Waals surface area contributed by atoms with Crippen LogP contribution in [0, 0.1) is 5.92 Å². The van der Waals surface area contributed by atoms with Crippen molar-refractivity contribution in [3.63, 3.8) is 0 Å². The van der Waals surface area contributed by atoms with Crippen LogP contribution in [0.3, 0.4) is 0 Å². The summed E-state index contributed by atoms with van der Waals surface area (Å²) in [7, 11) is 0. The molecule has 1 rings (SSSR count). The summed E-state index contributed by atoms with van der Waals surface area (Å²) in [5.74, 6) is 0.0383. The number of Topliss-reactive ketones (excluding diaryl/α,β-unsaturated/α-hetero) is 1. The Morgan fingerprint density at radius 2 is 1.71 bits per heavy atom. The van der Waals surface area contributed by atoms with Gasteiger partial charge in [-0.3, -0.25) is 14.4 Å². The highest BCUT2D eigenvalue weighted by atomic mass is 16.5. The van der Waals surface area contributed by atoms with Gasteiger partial charge in [0.05, 0.1) is 12.7 Å². The maximum atomic E-state index is 11.8. The summed E-state index contributed by atoms with van der Waals surface area (Å²) in [4.78, 5) is 34.5. The second-order valence-electron chi connectivity index (χ2n) is 6.49. The van der Waals surface area contributed by atoms with Crippen molar-refractivity contribution >= 4 is 17.6 Å². The third-order valence-electron chi connectivity index (χ3n) is 4.02. The Hall–Kier alpha value is -1.47. The molecule has 1 fully saturated rings. The number of hydrogen-bond acceptors (Lipinski definition) is 5. The van der Waals surface area contributed by atoms with Gasteiger partial charge in [-0.2, -0.15) is 0 Å². The Labute approximate surface area is 143 Å². The normalized spacial score (nSPS) is 20.7. The molecular weight excluding hydrogens is 312 g/mol. The van der Waals surface area contributed by atoms with Crippen LogP contribution in [0.4, 0.5) is 0 Å². The molecule has 1 aliphatic carbocycles. The van der Waals surface area contributed by atoms with Gasteiger partial charge in [-0.15, -0.1) is 0 Å². The van der Waals surface area contributed by atoms with E-state index in [1.807, 2.05) is 13.8 Å². The van der Waals surface area contributed by atoms with Crippen molar-refractivity contribution in [1.29, 1.82) is 0 Å². The molecule has 0 aliphatic heterocycles. The molecule has 0 heterocycles. The third-order valence-corrected chi connectivity index (χ3v) is 4.02. The average Bonchev–Trinajstić information content (AvgIpc) is 2.53. The van der Waals surface area contributed by atoms with Crippen molar-refractivity contribution in [3.8, 4) is 0 Å². The van der Waals surface area contributed by atoms with E-state index in [-0.39, 0.29) is 55.5 Å². The predicted octanol–water partition coefficient (Wildman–Crippen LogP) is 0.808. The number of ketones is 1. The molecule has 7 heteroatoms. The fourth-order valence-corrected chi connectivity index (χ4v) is 2.63. The summed E-state index contributed by atoms with van der Waals surface area (Å²) >= 11 is 0. The first-order valence-corrected chi connectivity index (χ1v) is 8.64. The Morgan fingerprint density at radius 1 is 1.04 bits per heavy atom. The van der Waals surface area contributed by atoms with E-state index in [4.69, 9.17) is 9.47 Å². The zero-order chi connectivity index (χ0) is 17.9. The smallest absolute Gasteiger partial charge is 0.246 e. The lowest BCUT2D eigenvalue weighted by Gasteiger charge is -2.27. The summed E-state index contributed by atoms with van der Waals surface area (Å²) < 4.78 is 10.4. The molecule has 0 atom stereocenters. The number of nitrogens with one attached hydrogen (secondary N) is 2. The monoisotopic (exact) mass is 342 g/mol. The van der Waals surface area contributed by atoms with Crippen LogP contribution in [0.15, 0.2) is 0 Å². The van der Waals surface area contributed by atoms with Gasteiger partial charge in [0, 0.05) is 18.5 Å². The van der Waals surface area contributed by atoms with E-state index in [0.717, 1.165) is 25.7 Å². The molecule has 0 saturated heterocycles. The average molecular weight is 342 g/mol. The standard InChI is InChI=1S/C17H30N2O5/c1-12(2)24-11-16(21)18-8-9-23-10-17(22)19-15-6-4-14(5-7-15)13(3)20/h12,14-15H,4-11H2,1-3H3,(H,18,21)(H,19,22). The first kappa shape index (κ1) is 20.6. The van der Waals surface area contributed by atoms with Crippen LogP contribution >= 0.6 is 0 Å². The number of carbonyl (C=O) groups excluding carboxylic acids is 3. The Morgan fingerprint density at radius 3 is 2.29 bits per heavy atom. The summed E-state index contributed by atoms with van der Waals surface area (Å²) in [6, 6.07) is 0.129. The van der Waals surface area contributed by atoms with E-state index in [0.29, 0.717) is 6.54 Å². The van der Waals surface area contributed by atoms with Crippen LogP contribution in [0.1, 0.15) is 46.5 Å². The second-order valence-corrected chi connectivity index (χ2v) is 6.49. The highest BCUT2D eigenvalue weighted by Gasteiger charge is 2.24. The van der Waals surface area contributed by atoms with E-state index in [2.05, 4.69) is 10.6 Å². The maximum Gasteiger partial charge on any atom is 0.246 e. The molecule has 2 amide bonds. The molecule has 0 aromatic heterocycles. The van der Waals surface area contributed by atoms with Gasteiger partial charge in [-0.1, -0.05) is 0 Å². The number of amides is 2. The van der Waals surface area contributed by atoms with Crippen LogP contribution < -0.4 is 10.6 Å². The van der Waals surface area contributed by atoms with Crippen molar-refractivity contribution in [2.45, 2.75) is 58.6 Å². The minimum absolute atomic E-state index is 0.0150. The summed E-state index contributed by atoms with van der Waals surface area (Å²) in [5.41, 5.74) is 0. The quantitative estimate of drug-likeness (QED) is 0.573. The van der Waals surface area contributed by atoms with Crippen LogP contribution in [-0.2, 0) is 23.9 Å². The topological polar surface area (TPSA) is 93.7 Å². The Bertz CT molecular complexity index is 417. The highest BCUT2D eigenvalue weighted by Crippen LogP contribution is 2.24. The molecule has 0 aromatic rings. The van der Waals surface area contributed by atoms with Gasteiger partial charge in [0.15, 0.2) is 0 Å². The zero-order valence-electron chi connectivity index (χ0n) is 14.9. The molecule has 0 bridgehead atoms. The lowest BCUT2D eigenvalue weighted by Crippen LogP contribution is -2.40. The largest absolute Gasteiger partial charge is 0.370 e. The molecule has 0 radical (unpaired) electrons. The molecule has 0 aromatic carbocycles. The van der Waals surface area contributed by atoms with Crippen LogP contribution in [0.2, 0.25) is 0 Å². The van der Waals surface area contributed by atoms with Crippen molar-refractivity contribution in [1.82, 2.24) is 10.6 Å². The predicted molar refractivity (Wildman–Crippen MR) is 89.5 cm³/mol. The number of hydrogen-bond donors (Lipinski definition) is 2. The van der Waals surface area contributed by atoms with Crippen LogP contribution in [0.5, 0.6) is 0 Å². The summed E-state index contributed by atoms with van der Waals surface area (Å²) in [6.45, 7) is 5.98. The Kier molecular flexibility index (Phi) is 9.56. The van der Waals surface area contributed by atoms with Gasteiger partial charge < -0.3 is 20.1 Å². The SMILES string of the molecule is CC(=O)C1CCC(NC(=O)COCCNC(=O)COC(C)C)CC1. The fraction of sp³-hybridized carbons (Fsp3) is 0.824. The van der Waals surface area contributed by atoms with Gasteiger partial charge in [-0.05, 0) is 46.5 Å². The molecule has 2 N–H and O–H groups in total. The van der Waals surface area contributed by atoms with Crippen molar-refractivity contribution in [3.05, 3.63) is 0 Å². The first-order valence-electron chi connectivity index (χ1n) is 8.64. The lowest BCUT2D eigenvalue weighted by molar-refractivity contribution is -0.127. The molecule has 0 unspecified atom stereocenters. The van der Waals surface area contributed by atoms with E-state index in [9.17, 15) is 14.4 Å².